The summed E-state index contributed by atoms with van der Waals surface area (Å²) in [4.78, 5) is 5.24. The maximum absolute atomic E-state index is 5.78. The van der Waals surface area contributed by atoms with Crippen LogP contribution in [0.1, 0.15) is 31.1 Å². The van der Waals surface area contributed by atoms with Crippen molar-refractivity contribution in [1.29, 1.82) is 0 Å². The average molecular weight is 316 g/mol. The summed E-state index contributed by atoms with van der Waals surface area (Å²) in [5, 5.41) is 18.1. The highest BCUT2D eigenvalue weighted by atomic mass is 32.1. The van der Waals surface area contributed by atoms with Gasteiger partial charge in [-0.1, -0.05) is 6.07 Å². The first kappa shape index (κ1) is 13.6. The number of aromatic nitrogens is 5. The van der Waals surface area contributed by atoms with Crippen molar-refractivity contribution >= 4 is 11.3 Å². The van der Waals surface area contributed by atoms with Gasteiger partial charge in [0.05, 0.1) is 17.5 Å². The van der Waals surface area contributed by atoms with Crippen molar-refractivity contribution in [3.05, 3.63) is 35.6 Å². The minimum absolute atomic E-state index is 0.0104. The second-order valence-corrected chi connectivity index (χ2v) is 6.35. The third kappa shape index (κ3) is 2.55. The molecule has 1 aliphatic rings. The molecule has 8 heteroatoms. The van der Waals surface area contributed by atoms with Crippen LogP contribution in [0.25, 0.3) is 10.8 Å². The largest absolute Gasteiger partial charge is 0.418 e. The van der Waals surface area contributed by atoms with Gasteiger partial charge in [-0.15, -0.1) is 21.5 Å². The van der Waals surface area contributed by atoms with Gasteiger partial charge in [0.2, 0.25) is 5.89 Å². The molecule has 0 aliphatic carbocycles. The van der Waals surface area contributed by atoms with Crippen molar-refractivity contribution < 1.29 is 4.42 Å². The summed E-state index contributed by atoms with van der Waals surface area (Å²) in [7, 11) is 0. The molecule has 0 aromatic carbocycles. The molecular formula is C14H16N6OS. The molecular weight excluding hydrogens is 300 g/mol. The van der Waals surface area contributed by atoms with Crippen LogP contribution in [0, 0.1) is 0 Å². The Kier molecular flexibility index (Phi) is 3.47. The zero-order chi connectivity index (χ0) is 14.9. The van der Waals surface area contributed by atoms with Gasteiger partial charge < -0.3 is 9.73 Å². The minimum atomic E-state index is 0.0104. The first-order valence-corrected chi connectivity index (χ1v) is 8.17. The summed E-state index contributed by atoms with van der Waals surface area (Å²) in [6, 6.07) is 4.30. The van der Waals surface area contributed by atoms with Crippen LogP contribution >= 0.6 is 11.3 Å². The Morgan fingerprint density at radius 1 is 1.45 bits per heavy atom. The Bertz CT molecular complexity index is 749. The molecule has 0 spiro atoms. The molecule has 4 heterocycles. The molecule has 22 heavy (non-hydrogen) atoms. The van der Waals surface area contributed by atoms with Crippen LogP contribution in [0.4, 0.5) is 0 Å². The highest BCUT2D eigenvalue weighted by molar-refractivity contribution is 7.13. The Morgan fingerprint density at radius 2 is 2.41 bits per heavy atom. The first-order valence-electron chi connectivity index (χ1n) is 7.29. The van der Waals surface area contributed by atoms with Crippen molar-refractivity contribution in [2.75, 3.05) is 0 Å². The minimum Gasteiger partial charge on any atom is -0.418 e. The number of hydrogen-bond acceptors (Lipinski definition) is 7. The molecule has 1 aliphatic heterocycles. The SMILES string of the molecule is CC(NC1CCc2ncnn2C1)c1nnc(-c2cccs2)o1. The van der Waals surface area contributed by atoms with E-state index >= 15 is 0 Å². The predicted molar refractivity (Wildman–Crippen MR) is 81.3 cm³/mol. The van der Waals surface area contributed by atoms with Crippen LogP contribution in [0.3, 0.4) is 0 Å². The zero-order valence-corrected chi connectivity index (χ0v) is 13.0. The van der Waals surface area contributed by atoms with Gasteiger partial charge in [-0.25, -0.2) is 9.67 Å². The fraction of sp³-hybridized carbons (Fsp3) is 0.429. The van der Waals surface area contributed by atoms with Crippen LogP contribution in [-0.2, 0) is 13.0 Å². The number of nitrogens with zero attached hydrogens (tertiary/aromatic N) is 5. The van der Waals surface area contributed by atoms with Crippen LogP contribution in [0.5, 0.6) is 0 Å². The normalized spacial score (nSPS) is 19.0. The fourth-order valence-electron chi connectivity index (χ4n) is 2.71. The van der Waals surface area contributed by atoms with Gasteiger partial charge in [0.1, 0.15) is 12.2 Å². The van der Waals surface area contributed by atoms with Crippen molar-refractivity contribution in [2.24, 2.45) is 0 Å². The molecule has 3 aromatic heterocycles. The maximum Gasteiger partial charge on any atom is 0.257 e. The lowest BCUT2D eigenvalue weighted by Crippen LogP contribution is -2.39. The highest BCUT2D eigenvalue weighted by Crippen LogP contribution is 2.25. The van der Waals surface area contributed by atoms with Crippen molar-refractivity contribution in [2.45, 2.75) is 38.4 Å². The third-order valence-electron chi connectivity index (χ3n) is 3.83. The average Bonchev–Trinajstić information content (AvgIpc) is 3.26. The Labute approximate surface area is 131 Å². The van der Waals surface area contributed by atoms with Gasteiger partial charge in [-0.3, -0.25) is 0 Å². The maximum atomic E-state index is 5.78. The summed E-state index contributed by atoms with van der Waals surface area (Å²) in [6.45, 7) is 2.87. The van der Waals surface area contributed by atoms with Crippen LogP contribution in [0.15, 0.2) is 28.3 Å². The molecule has 0 saturated heterocycles. The van der Waals surface area contributed by atoms with E-state index in [1.807, 2.05) is 29.1 Å². The number of rotatable bonds is 4. The molecule has 0 bridgehead atoms. The van der Waals surface area contributed by atoms with Crippen molar-refractivity contribution in [3.8, 4) is 10.8 Å². The summed E-state index contributed by atoms with van der Waals surface area (Å²) in [5.74, 6) is 2.26. The van der Waals surface area contributed by atoms with E-state index in [0.717, 1.165) is 30.1 Å². The summed E-state index contributed by atoms with van der Waals surface area (Å²) in [6.07, 6.45) is 3.59. The molecule has 1 N–H and O–H groups in total. The van der Waals surface area contributed by atoms with Gasteiger partial charge in [0.15, 0.2) is 0 Å². The van der Waals surface area contributed by atoms with E-state index in [4.69, 9.17) is 4.42 Å². The summed E-state index contributed by atoms with van der Waals surface area (Å²) < 4.78 is 7.73. The molecule has 0 amide bonds. The van der Waals surface area contributed by atoms with Gasteiger partial charge in [0.25, 0.3) is 5.89 Å². The summed E-state index contributed by atoms with van der Waals surface area (Å²) in [5.41, 5.74) is 0. The van der Waals surface area contributed by atoms with Crippen molar-refractivity contribution in [3.63, 3.8) is 0 Å². The van der Waals surface area contributed by atoms with E-state index in [0.29, 0.717) is 17.8 Å². The lowest BCUT2D eigenvalue weighted by atomic mass is 10.1. The van der Waals surface area contributed by atoms with Crippen LogP contribution < -0.4 is 5.32 Å². The molecule has 114 valence electrons. The Hall–Kier alpha value is -2.06. The van der Waals surface area contributed by atoms with Gasteiger partial charge in [-0.2, -0.15) is 5.10 Å². The molecule has 0 radical (unpaired) electrons. The fourth-order valence-corrected chi connectivity index (χ4v) is 3.35. The molecule has 3 aromatic rings. The molecule has 2 atom stereocenters. The monoisotopic (exact) mass is 316 g/mol. The molecule has 4 rings (SSSR count). The second-order valence-electron chi connectivity index (χ2n) is 5.41. The lowest BCUT2D eigenvalue weighted by molar-refractivity contribution is 0.310. The highest BCUT2D eigenvalue weighted by Gasteiger charge is 2.23. The molecule has 2 unspecified atom stereocenters. The number of nitrogens with one attached hydrogen (secondary N) is 1. The summed E-state index contributed by atoms with van der Waals surface area (Å²) >= 11 is 1.59. The van der Waals surface area contributed by atoms with E-state index in [2.05, 4.69) is 25.6 Å². The van der Waals surface area contributed by atoms with E-state index in [1.54, 1.807) is 17.7 Å². The van der Waals surface area contributed by atoms with Gasteiger partial charge >= 0.3 is 0 Å². The van der Waals surface area contributed by atoms with Gasteiger partial charge in [0, 0.05) is 12.5 Å². The van der Waals surface area contributed by atoms with E-state index in [-0.39, 0.29) is 6.04 Å². The standard InChI is InChI=1S/C14H16N6OS/c1-9(13-18-19-14(21-13)11-3-2-6-22-11)17-10-4-5-12-15-8-16-20(12)7-10/h2-3,6,8-10,17H,4-5,7H2,1H3. The molecule has 0 saturated carbocycles. The second kappa shape index (κ2) is 5.62. The Morgan fingerprint density at radius 3 is 3.27 bits per heavy atom. The number of aryl methyl sites for hydroxylation is 1. The van der Waals surface area contributed by atoms with Crippen LogP contribution in [-0.4, -0.2) is 31.0 Å². The topological polar surface area (TPSA) is 81.7 Å². The van der Waals surface area contributed by atoms with Crippen LogP contribution in [0.2, 0.25) is 0 Å². The smallest absolute Gasteiger partial charge is 0.257 e. The quantitative estimate of drug-likeness (QED) is 0.793. The first-order chi connectivity index (χ1) is 10.8. The molecule has 7 nitrogen and oxygen atoms in total. The zero-order valence-electron chi connectivity index (χ0n) is 12.1. The van der Waals surface area contributed by atoms with E-state index in [9.17, 15) is 0 Å². The predicted octanol–water partition coefficient (Wildman–Crippen LogP) is 2.06. The van der Waals surface area contributed by atoms with Crippen molar-refractivity contribution in [1.82, 2.24) is 30.3 Å². The van der Waals surface area contributed by atoms with E-state index in [1.165, 1.54) is 0 Å². The number of fused-ring (bicyclic) bond motifs is 1. The Balaban J connectivity index is 1.43. The number of hydrogen-bond donors (Lipinski definition) is 1. The third-order valence-corrected chi connectivity index (χ3v) is 4.69. The lowest BCUT2D eigenvalue weighted by Gasteiger charge is -2.25. The number of thiophene rings is 1. The van der Waals surface area contributed by atoms with Gasteiger partial charge in [-0.05, 0) is 24.8 Å². The molecule has 0 fully saturated rings. The van der Waals surface area contributed by atoms with E-state index < -0.39 is 0 Å².